The second-order valence-electron chi connectivity index (χ2n) is 10.1. The molecule has 3 unspecified atom stereocenters. The molecule has 0 radical (unpaired) electrons. The van der Waals surface area contributed by atoms with Gasteiger partial charge in [0, 0.05) is 44.4 Å². The monoisotopic (exact) mass is 535 g/mol. The summed E-state index contributed by atoms with van der Waals surface area (Å²) in [5.41, 5.74) is 1.09. The summed E-state index contributed by atoms with van der Waals surface area (Å²) in [7, 11) is -3.84. The highest BCUT2D eigenvalue weighted by atomic mass is 32.2. The summed E-state index contributed by atoms with van der Waals surface area (Å²) < 4.78 is 66.3. The van der Waals surface area contributed by atoms with E-state index < -0.39 is 45.5 Å². The number of carbonyl (C=O) groups is 1. The number of likely N-dealkylation sites (tertiary alicyclic amines) is 1. The number of nitrogens with zero attached hydrogens (tertiary/aromatic N) is 2. The van der Waals surface area contributed by atoms with Gasteiger partial charge in [-0.15, -0.1) is 0 Å². The van der Waals surface area contributed by atoms with Gasteiger partial charge in [0.15, 0.2) is 0 Å². The predicted molar refractivity (Wildman–Crippen MR) is 125 cm³/mol. The summed E-state index contributed by atoms with van der Waals surface area (Å²) in [6.45, 7) is 1.58. The summed E-state index contributed by atoms with van der Waals surface area (Å²) in [6, 6.07) is 0. The number of carbonyl (C=O) groups excluding carboxylic acids is 1. The molecule has 3 heterocycles. The van der Waals surface area contributed by atoms with E-state index in [9.17, 15) is 32.3 Å². The topological polar surface area (TPSA) is 129 Å². The minimum Gasteiger partial charge on any atom is -0.444 e. The molecule has 36 heavy (non-hydrogen) atoms. The van der Waals surface area contributed by atoms with Crippen LogP contribution >= 0.6 is 0 Å². The number of hydrogen-bond acceptors (Lipinski definition) is 8. The van der Waals surface area contributed by atoms with Gasteiger partial charge in [0.2, 0.25) is 10.0 Å². The number of aliphatic hydroxyl groups excluding tert-OH is 1. The van der Waals surface area contributed by atoms with E-state index in [-0.39, 0.29) is 57.5 Å². The number of halogens is 2. The Labute approximate surface area is 209 Å². The third-order valence-electron chi connectivity index (χ3n) is 7.86. The normalized spacial score (nSPS) is 28.9. The number of rotatable bonds is 7. The van der Waals surface area contributed by atoms with Crippen LogP contribution in [0.5, 0.6) is 0 Å². The van der Waals surface area contributed by atoms with Gasteiger partial charge >= 0.3 is 6.09 Å². The molecule has 10 nitrogen and oxygen atoms in total. The van der Waals surface area contributed by atoms with Crippen LogP contribution in [0, 0.1) is 11.3 Å². The summed E-state index contributed by atoms with van der Waals surface area (Å²) in [4.78, 5) is 14.0. The zero-order chi connectivity index (χ0) is 25.9. The number of sulfonamides is 1. The van der Waals surface area contributed by atoms with E-state index in [0.717, 1.165) is 0 Å². The van der Waals surface area contributed by atoms with E-state index in [0.29, 0.717) is 38.0 Å². The molecule has 4 rings (SSSR count). The van der Waals surface area contributed by atoms with Gasteiger partial charge in [-0.25, -0.2) is 26.3 Å². The van der Waals surface area contributed by atoms with Gasteiger partial charge in [-0.2, -0.15) is 5.48 Å². The average Bonchev–Trinajstić information content (AvgIpc) is 3.37. The zero-order valence-corrected chi connectivity index (χ0v) is 21.0. The van der Waals surface area contributed by atoms with E-state index >= 15 is 0 Å². The third kappa shape index (κ3) is 6.08. The Morgan fingerprint density at radius 2 is 1.92 bits per heavy atom. The molecule has 3 aliphatic heterocycles. The van der Waals surface area contributed by atoms with Gasteiger partial charge in [-0.3, -0.25) is 0 Å². The fraction of sp³-hybridized carbons (Fsp3) is 0.783. The standard InChI is InChI=1S/C23H35F2N3O7S/c24-17-1-2-19(20(25)13-17)16-3-8-28(9-4-16)36(32,33)15-23(21(29)26-31)6-10-27(11-7-23)22(30)35-18-5-12-34-14-18/h1-2,16,18,20-21,26,29,31H,3-15H2. The van der Waals surface area contributed by atoms with Crippen molar-refractivity contribution in [2.24, 2.45) is 11.3 Å². The van der Waals surface area contributed by atoms with Gasteiger partial charge in [0.05, 0.1) is 19.0 Å². The summed E-state index contributed by atoms with van der Waals surface area (Å²) in [6.07, 6.45) is 0.490. The van der Waals surface area contributed by atoms with Crippen molar-refractivity contribution in [2.45, 2.75) is 57.0 Å². The molecule has 0 bridgehead atoms. The van der Waals surface area contributed by atoms with Crippen LogP contribution in [0.25, 0.3) is 0 Å². The Morgan fingerprint density at radius 3 is 2.50 bits per heavy atom. The first-order valence-electron chi connectivity index (χ1n) is 12.4. The molecule has 0 saturated carbocycles. The molecule has 3 fully saturated rings. The second-order valence-corrected chi connectivity index (χ2v) is 12.1. The first kappa shape index (κ1) is 27.4. The Kier molecular flexibility index (Phi) is 8.67. The minimum atomic E-state index is -3.84. The molecule has 4 aliphatic rings. The molecular weight excluding hydrogens is 500 g/mol. The molecule has 0 spiro atoms. The molecule has 3 atom stereocenters. The van der Waals surface area contributed by atoms with Crippen LogP contribution in [0.3, 0.4) is 0 Å². The smallest absolute Gasteiger partial charge is 0.410 e. The average molecular weight is 536 g/mol. The first-order valence-corrected chi connectivity index (χ1v) is 14.0. The molecular formula is C23H35F2N3O7S. The van der Waals surface area contributed by atoms with Crippen LogP contribution in [0.15, 0.2) is 23.6 Å². The zero-order valence-electron chi connectivity index (χ0n) is 20.2. The van der Waals surface area contributed by atoms with Crippen LogP contribution < -0.4 is 5.48 Å². The van der Waals surface area contributed by atoms with Crippen LogP contribution in [-0.2, 0) is 19.5 Å². The highest BCUT2D eigenvalue weighted by Gasteiger charge is 2.47. The van der Waals surface area contributed by atoms with E-state index in [1.807, 2.05) is 0 Å². The number of amides is 1. The summed E-state index contributed by atoms with van der Waals surface area (Å²) >= 11 is 0. The van der Waals surface area contributed by atoms with Gasteiger partial charge in [-0.05, 0) is 43.3 Å². The quantitative estimate of drug-likeness (QED) is 0.333. The fourth-order valence-corrected chi connectivity index (χ4v) is 7.68. The number of allylic oxidation sites excluding steroid dienone is 4. The van der Waals surface area contributed by atoms with Gasteiger partial charge in [0.1, 0.15) is 24.3 Å². The van der Waals surface area contributed by atoms with Gasteiger partial charge < -0.3 is 24.7 Å². The van der Waals surface area contributed by atoms with Crippen molar-refractivity contribution in [3.8, 4) is 0 Å². The molecule has 3 saturated heterocycles. The van der Waals surface area contributed by atoms with Crippen molar-refractivity contribution in [1.82, 2.24) is 14.7 Å². The van der Waals surface area contributed by atoms with Crippen molar-refractivity contribution in [2.75, 3.05) is 45.1 Å². The number of nitrogens with one attached hydrogen (secondary N) is 1. The van der Waals surface area contributed by atoms with Crippen molar-refractivity contribution >= 4 is 16.1 Å². The Hall–Kier alpha value is -1.64. The first-order chi connectivity index (χ1) is 17.1. The minimum absolute atomic E-state index is 0.141. The van der Waals surface area contributed by atoms with Gasteiger partial charge in [-0.1, -0.05) is 6.08 Å². The maximum absolute atomic E-state index is 14.3. The van der Waals surface area contributed by atoms with Crippen molar-refractivity contribution < 1.29 is 41.8 Å². The third-order valence-corrected chi connectivity index (χ3v) is 9.95. The van der Waals surface area contributed by atoms with Gasteiger partial charge in [0.25, 0.3) is 0 Å². The van der Waals surface area contributed by atoms with Crippen LogP contribution in [0.2, 0.25) is 0 Å². The molecule has 1 aliphatic carbocycles. The van der Waals surface area contributed by atoms with Crippen molar-refractivity contribution in [1.29, 1.82) is 0 Å². The molecule has 13 heteroatoms. The Morgan fingerprint density at radius 1 is 1.22 bits per heavy atom. The lowest BCUT2D eigenvalue weighted by molar-refractivity contribution is -0.0933. The lowest BCUT2D eigenvalue weighted by Crippen LogP contribution is -2.57. The van der Waals surface area contributed by atoms with Crippen molar-refractivity contribution in [3.63, 3.8) is 0 Å². The van der Waals surface area contributed by atoms with Crippen LogP contribution in [0.4, 0.5) is 13.6 Å². The Balaban J connectivity index is 1.36. The maximum Gasteiger partial charge on any atom is 0.410 e. The highest BCUT2D eigenvalue weighted by Crippen LogP contribution is 2.39. The fourth-order valence-electron chi connectivity index (χ4n) is 5.55. The second kappa shape index (κ2) is 11.4. The number of hydrogen-bond donors (Lipinski definition) is 3. The van der Waals surface area contributed by atoms with E-state index in [4.69, 9.17) is 9.47 Å². The number of piperidine rings is 2. The maximum atomic E-state index is 14.3. The number of hydroxylamine groups is 1. The Bertz CT molecular complexity index is 955. The predicted octanol–water partition coefficient (Wildman–Crippen LogP) is 1.85. The van der Waals surface area contributed by atoms with Crippen LogP contribution in [0.1, 0.15) is 38.5 Å². The van der Waals surface area contributed by atoms with E-state index in [1.165, 1.54) is 21.4 Å². The molecule has 0 aromatic carbocycles. The number of alkyl halides is 1. The van der Waals surface area contributed by atoms with Crippen LogP contribution in [-0.4, -0.2) is 97.7 Å². The van der Waals surface area contributed by atoms with Crippen molar-refractivity contribution in [3.05, 3.63) is 23.6 Å². The largest absolute Gasteiger partial charge is 0.444 e. The van der Waals surface area contributed by atoms with E-state index in [2.05, 4.69) is 0 Å². The summed E-state index contributed by atoms with van der Waals surface area (Å²) in [5.74, 6) is -1.07. The SMILES string of the molecule is O=C(OC1CCOC1)N1CCC(CS(=O)(=O)N2CCC(C3=CC=C(F)CC3F)CC2)(C(O)NO)CC1. The van der Waals surface area contributed by atoms with E-state index in [1.54, 1.807) is 5.48 Å². The number of ether oxygens (including phenoxy) is 2. The lowest BCUT2D eigenvalue weighted by Gasteiger charge is -2.44. The highest BCUT2D eigenvalue weighted by molar-refractivity contribution is 7.89. The molecule has 3 N–H and O–H groups in total. The molecule has 0 aromatic rings. The number of aliphatic hydroxyl groups is 1. The molecule has 0 aromatic heterocycles. The molecule has 204 valence electrons. The molecule has 1 amide bonds. The summed E-state index contributed by atoms with van der Waals surface area (Å²) in [5, 5.41) is 20.0. The lowest BCUT2D eigenvalue weighted by atomic mass is 9.78.